The van der Waals surface area contributed by atoms with Crippen LogP contribution in [0.1, 0.15) is 12.5 Å². The minimum Gasteiger partial charge on any atom is -0.407 e. The van der Waals surface area contributed by atoms with E-state index in [1.807, 2.05) is 12.1 Å². The minimum absolute atomic E-state index is 0.338. The molecule has 0 saturated carbocycles. The quantitative estimate of drug-likeness (QED) is 0.602. The van der Waals surface area contributed by atoms with Crippen molar-refractivity contribution in [3.8, 4) is 5.88 Å². The van der Waals surface area contributed by atoms with E-state index in [9.17, 15) is 4.79 Å². The van der Waals surface area contributed by atoms with E-state index in [0.29, 0.717) is 5.88 Å². The molecule has 0 aliphatic carbocycles. The molecule has 0 unspecified atom stereocenters. The summed E-state index contributed by atoms with van der Waals surface area (Å²) < 4.78 is 4.93. The molecule has 13 heavy (non-hydrogen) atoms. The Morgan fingerprint density at radius 1 is 1.69 bits per heavy atom. The first-order valence-corrected chi connectivity index (χ1v) is 5.04. The van der Waals surface area contributed by atoms with Crippen LogP contribution in [0.3, 0.4) is 0 Å². The van der Waals surface area contributed by atoms with Crippen molar-refractivity contribution in [1.29, 1.82) is 0 Å². The molecule has 1 aromatic rings. The number of esters is 1. The molecule has 0 amide bonds. The fourth-order valence-electron chi connectivity index (χ4n) is 0.944. The van der Waals surface area contributed by atoms with Gasteiger partial charge in [-0.15, -0.1) is 0 Å². The maximum atomic E-state index is 10.7. The molecule has 70 valence electrons. The van der Waals surface area contributed by atoms with Gasteiger partial charge in [0.15, 0.2) is 0 Å². The van der Waals surface area contributed by atoms with Crippen molar-refractivity contribution in [2.45, 2.75) is 13.3 Å². The number of halogens is 1. The Morgan fingerprint density at radius 2 is 2.46 bits per heavy atom. The lowest BCUT2D eigenvalue weighted by Crippen LogP contribution is -2.05. The van der Waals surface area contributed by atoms with E-state index in [-0.39, 0.29) is 5.97 Å². The van der Waals surface area contributed by atoms with Gasteiger partial charge in [-0.25, -0.2) is 4.98 Å². The van der Waals surface area contributed by atoms with Gasteiger partial charge < -0.3 is 4.74 Å². The van der Waals surface area contributed by atoms with E-state index in [1.165, 1.54) is 6.92 Å². The predicted molar refractivity (Wildman–Crippen MR) is 53.0 cm³/mol. The number of nitrogens with zero attached hydrogens (tertiary/aromatic N) is 1. The summed E-state index contributed by atoms with van der Waals surface area (Å²) in [5.74, 6) is 0.0731. The number of rotatable bonds is 3. The molecule has 0 atom stereocenters. The first-order valence-electron chi connectivity index (χ1n) is 3.92. The van der Waals surface area contributed by atoms with Gasteiger partial charge >= 0.3 is 5.97 Å². The molecule has 0 aliphatic heterocycles. The number of ether oxygens (including phenoxy) is 1. The lowest BCUT2D eigenvalue weighted by Gasteiger charge is -2.04. The summed E-state index contributed by atoms with van der Waals surface area (Å²) in [5, 5.41) is 0.826. The zero-order valence-electron chi connectivity index (χ0n) is 7.29. The van der Waals surface area contributed by atoms with Gasteiger partial charge in [-0.1, -0.05) is 22.0 Å². The van der Waals surface area contributed by atoms with Gasteiger partial charge in [0.05, 0.1) is 0 Å². The van der Waals surface area contributed by atoms with Crippen molar-refractivity contribution in [3.63, 3.8) is 0 Å². The second-order valence-electron chi connectivity index (χ2n) is 2.50. The van der Waals surface area contributed by atoms with Crippen LogP contribution in [0, 0.1) is 0 Å². The van der Waals surface area contributed by atoms with Gasteiger partial charge in [0, 0.05) is 24.0 Å². The third-order valence-corrected chi connectivity index (χ3v) is 1.85. The van der Waals surface area contributed by atoms with E-state index in [0.717, 1.165) is 17.3 Å². The van der Waals surface area contributed by atoms with Gasteiger partial charge in [0.25, 0.3) is 0 Å². The predicted octanol–water partition coefficient (Wildman–Crippen LogP) is 1.94. The van der Waals surface area contributed by atoms with Crippen molar-refractivity contribution >= 4 is 21.9 Å². The smallest absolute Gasteiger partial charge is 0.309 e. The molecule has 1 aromatic heterocycles. The Balaban J connectivity index is 2.84. The number of aryl methyl sites for hydroxylation is 1. The lowest BCUT2D eigenvalue weighted by molar-refractivity contribution is -0.132. The van der Waals surface area contributed by atoms with E-state index in [2.05, 4.69) is 20.9 Å². The average molecular weight is 244 g/mol. The first-order chi connectivity index (χ1) is 6.24. The molecule has 0 spiro atoms. The number of aromatic nitrogens is 1. The second kappa shape index (κ2) is 4.97. The third kappa shape index (κ3) is 3.14. The molecule has 0 aromatic carbocycles. The van der Waals surface area contributed by atoms with Crippen molar-refractivity contribution in [2.75, 3.05) is 5.33 Å². The molecule has 0 aliphatic rings. The lowest BCUT2D eigenvalue weighted by atomic mass is 10.2. The highest BCUT2D eigenvalue weighted by molar-refractivity contribution is 9.09. The fraction of sp³-hybridized carbons (Fsp3) is 0.333. The normalized spacial score (nSPS) is 9.69. The molecule has 1 rings (SSSR count). The Hall–Kier alpha value is -0.900. The van der Waals surface area contributed by atoms with Crippen LogP contribution in [0.25, 0.3) is 0 Å². The standard InChI is InChI=1S/C9H10BrNO2/c1-7(12)13-9-8(4-5-10)3-2-6-11-9/h2-3,6H,4-5H2,1H3. The topological polar surface area (TPSA) is 39.2 Å². The maximum Gasteiger partial charge on any atom is 0.309 e. The van der Waals surface area contributed by atoms with E-state index in [4.69, 9.17) is 4.74 Å². The van der Waals surface area contributed by atoms with Crippen LogP contribution in [0.4, 0.5) is 0 Å². The number of hydrogen-bond acceptors (Lipinski definition) is 3. The summed E-state index contributed by atoms with van der Waals surface area (Å²) in [4.78, 5) is 14.7. The SMILES string of the molecule is CC(=O)Oc1ncccc1CCBr. The summed E-state index contributed by atoms with van der Waals surface area (Å²) in [6.07, 6.45) is 2.41. The Kier molecular flexibility index (Phi) is 3.89. The molecule has 0 bridgehead atoms. The molecule has 0 radical (unpaired) electrons. The van der Waals surface area contributed by atoms with Crippen molar-refractivity contribution in [2.24, 2.45) is 0 Å². The maximum absolute atomic E-state index is 10.7. The first kappa shape index (κ1) is 10.2. The Labute approximate surface area is 85.3 Å². The Bertz CT molecular complexity index is 301. The van der Waals surface area contributed by atoms with Crippen LogP contribution in [0.2, 0.25) is 0 Å². The third-order valence-electron chi connectivity index (χ3n) is 1.45. The number of carbonyl (C=O) groups is 1. The van der Waals surface area contributed by atoms with Crippen LogP contribution < -0.4 is 4.74 Å². The van der Waals surface area contributed by atoms with Crippen LogP contribution >= 0.6 is 15.9 Å². The van der Waals surface area contributed by atoms with Crippen molar-refractivity contribution in [3.05, 3.63) is 23.9 Å². The van der Waals surface area contributed by atoms with Crippen molar-refractivity contribution < 1.29 is 9.53 Å². The van der Waals surface area contributed by atoms with Gasteiger partial charge in [-0.05, 0) is 12.5 Å². The molecule has 0 saturated heterocycles. The Morgan fingerprint density at radius 3 is 3.08 bits per heavy atom. The molecule has 0 fully saturated rings. The monoisotopic (exact) mass is 243 g/mol. The number of pyridine rings is 1. The molecule has 3 nitrogen and oxygen atoms in total. The fourth-order valence-corrected chi connectivity index (χ4v) is 1.37. The van der Waals surface area contributed by atoms with Gasteiger partial charge in [-0.3, -0.25) is 4.79 Å². The summed E-state index contributed by atoms with van der Waals surface area (Å²) >= 11 is 3.32. The zero-order chi connectivity index (χ0) is 9.68. The summed E-state index contributed by atoms with van der Waals surface area (Å²) in [5.41, 5.74) is 0.939. The van der Waals surface area contributed by atoms with E-state index in [1.54, 1.807) is 6.20 Å². The minimum atomic E-state index is -0.338. The summed E-state index contributed by atoms with van der Waals surface area (Å²) in [6.45, 7) is 1.37. The number of alkyl halides is 1. The zero-order valence-corrected chi connectivity index (χ0v) is 8.87. The highest BCUT2D eigenvalue weighted by atomic mass is 79.9. The van der Waals surface area contributed by atoms with Crippen LogP contribution in [0.15, 0.2) is 18.3 Å². The number of carbonyl (C=O) groups excluding carboxylic acids is 1. The van der Waals surface area contributed by atoms with Crippen LogP contribution in [-0.4, -0.2) is 16.3 Å². The molecular formula is C9H10BrNO2. The van der Waals surface area contributed by atoms with Crippen LogP contribution in [-0.2, 0) is 11.2 Å². The molecule has 1 heterocycles. The second-order valence-corrected chi connectivity index (χ2v) is 3.29. The summed E-state index contributed by atoms with van der Waals surface area (Å²) in [7, 11) is 0. The summed E-state index contributed by atoms with van der Waals surface area (Å²) in [6, 6.07) is 3.72. The highest BCUT2D eigenvalue weighted by Gasteiger charge is 2.05. The molecular weight excluding hydrogens is 234 g/mol. The average Bonchev–Trinajstić information content (AvgIpc) is 2.08. The van der Waals surface area contributed by atoms with Gasteiger partial charge in [0.1, 0.15) is 0 Å². The van der Waals surface area contributed by atoms with Gasteiger partial charge in [0.2, 0.25) is 5.88 Å². The van der Waals surface area contributed by atoms with Gasteiger partial charge in [-0.2, -0.15) is 0 Å². The highest BCUT2D eigenvalue weighted by Crippen LogP contribution is 2.15. The van der Waals surface area contributed by atoms with Crippen LogP contribution in [0.5, 0.6) is 5.88 Å². The van der Waals surface area contributed by atoms with Crippen molar-refractivity contribution in [1.82, 2.24) is 4.98 Å². The number of hydrogen-bond donors (Lipinski definition) is 0. The van der Waals surface area contributed by atoms with E-state index < -0.39 is 0 Å². The molecule has 4 heteroatoms. The van der Waals surface area contributed by atoms with E-state index >= 15 is 0 Å². The largest absolute Gasteiger partial charge is 0.407 e. The molecule has 0 N–H and O–H groups in total.